The van der Waals surface area contributed by atoms with Gasteiger partial charge in [-0.25, -0.2) is 4.79 Å². The summed E-state index contributed by atoms with van der Waals surface area (Å²) in [5, 5.41) is 2.33. The number of hydrogen-bond acceptors (Lipinski definition) is 5. The molecule has 0 unspecified atom stereocenters. The SMILES string of the molecule is CSCCOC(=O)NCC(=O)CCC(C)=O. The minimum Gasteiger partial charge on any atom is -0.449 e. The third-order valence-corrected chi connectivity index (χ3v) is 2.28. The topological polar surface area (TPSA) is 72.5 Å². The number of carbonyl (C=O) groups excluding carboxylic acids is 3. The predicted octanol–water partition coefficient (Wildman–Crippen LogP) is 1.01. The van der Waals surface area contributed by atoms with Crippen LogP contribution in [0.4, 0.5) is 4.79 Å². The van der Waals surface area contributed by atoms with Crippen molar-refractivity contribution in [2.75, 3.05) is 25.2 Å². The Balaban J connectivity index is 3.51. The lowest BCUT2D eigenvalue weighted by molar-refractivity contribution is -0.122. The molecule has 0 heterocycles. The van der Waals surface area contributed by atoms with Gasteiger partial charge in [-0.2, -0.15) is 11.8 Å². The highest BCUT2D eigenvalue weighted by atomic mass is 32.2. The molecular weight excluding hydrogens is 230 g/mol. The number of amides is 1. The average molecular weight is 247 g/mol. The summed E-state index contributed by atoms with van der Waals surface area (Å²) >= 11 is 1.57. The summed E-state index contributed by atoms with van der Waals surface area (Å²) in [7, 11) is 0. The van der Waals surface area contributed by atoms with Crippen LogP contribution in [0.2, 0.25) is 0 Å². The fourth-order valence-electron chi connectivity index (χ4n) is 0.843. The van der Waals surface area contributed by atoms with Gasteiger partial charge in [0, 0.05) is 18.6 Å². The molecule has 0 atom stereocenters. The molecule has 0 aliphatic carbocycles. The van der Waals surface area contributed by atoms with Crippen LogP contribution in [-0.4, -0.2) is 42.8 Å². The van der Waals surface area contributed by atoms with Crippen LogP contribution < -0.4 is 5.32 Å². The molecule has 0 aliphatic heterocycles. The highest BCUT2D eigenvalue weighted by Gasteiger charge is 2.07. The van der Waals surface area contributed by atoms with Gasteiger partial charge in [0.25, 0.3) is 0 Å². The van der Waals surface area contributed by atoms with Crippen molar-refractivity contribution in [2.24, 2.45) is 0 Å². The number of ether oxygens (including phenoxy) is 1. The molecule has 0 fully saturated rings. The summed E-state index contributed by atoms with van der Waals surface area (Å²) in [6, 6.07) is 0. The molecule has 5 nitrogen and oxygen atoms in total. The summed E-state index contributed by atoms with van der Waals surface area (Å²) in [4.78, 5) is 32.7. The quantitative estimate of drug-likeness (QED) is 0.648. The van der Waals surface area contributed by atoms with Gasteiger partial charge in [-0.3, -0.25) is 4.79 Å². The van der Waals surface area contributed by atoms with Crippen LogP contribution in [0.5, 0.6) is 0 Å². The standard InChI is InChI=1S/C10H17NO4S/c1-8(12)3-4-9(13)7-11-10(14)15-5-6-16-2/h3-7H2,1-2H3,(H,11,14). The lowest BCUT2D eigenvalue weighted by Gasteiger charge is -2.05. The van der Waals surface area contributed by atoms with E-state index in [2.05, 4.69) is 5.32 Å². The van der Waals surface area contributed by atoms with E-state index in [1.807, 2.05) is 6.26 Å². The van der Waals surface area contributed by atoms with Gasteiger partial charge in [-0.15, -0.1) is 0 Å². The Hall–Kier alpha value is -1.04. The Bertz CT molecular complexity index is 255. The number of hydrogen-bond donors (Lipinski definition) is 1. The van der Waals surface area contributed by atoms with Crippen molar-refractivity contribution in [3.8, 4) is 0 Å². The molecule has 0 bridgehead atoms. The van der Waals surface area contributed by atoms with E-state index < -0.39 is 6.09 Å². The second-order valence-electron chi connectivity index (χ2n) is 3.22. The smallest absolute Gasteiger partial charge is 0.407 e. The second kappa shape index (κ2) is 9.21. The van der Waals surface area contributed by atoms with Crippen molar-refractivity contribution < 1.29 is 19.1 Å². The van der Waals surface area contributed by atoms with Gasteiger partial charge in [0.15, 0.2) is 5.78 Å². The first-order valence-corrected chi connectivity index (χ1v) is 6.36. The number of rotatable bonds is 8. The molecule has 0 aromatic rings. The van der Waals surface area contributed by atoms with E-state index in [4.69, 9.17) is 4.74 Å². The normalized spacial score (nSPS) is 9.62. The maximum absolute atomic E-state index is 11.2. The fraction of sp³-hybridized carbons (Fsp3) is 0.700. The number of Topliss-reactive ketones (excluding diaryl/α,β-unsaturated/α-hetero) is 2. The number of carbonyl (C=O) groups is 3. The van der Waals surface area contributed by atoms with Gasteiger partial charge >= 0.3 is 6.09 Å². The van der Waals surface area contributed by atoms with Crippen molar-refractivity contribution in [1.29, 1.82) is 0 Å². The third-order valence-electron chi connectivity index (χ3n) is 1.71. The monoisotopic (exact) mass is 247 g/mol. The maximum atomic E-state index is 11.2. The largest absolute Gasteiger partial charge is 0.449 e. The van der Waals surface area contributed by atoms with Crippen molar-refractivity contribution in [2.45, 2.75) is 19.8 Å². The molecule has 1 N–H and O–H groups in total. The van der Waals surface area contributed by atoms with Crippen LogP contribution in [0, 0.1) is 0 Å². The molecule has 6 heteroatoms. The van der Waals surface area contributed by atoms with E-state index in [1.54, 1.807) is 11.8 Å². The zero-order valence-corrected chi connectivity index (χ0v) is 10.4. The van der Waals surface area contributed by atoms with Crippen LogP contribution in [0.25, 0.3) is 0 Å². The van der Waals surface area contributed by atoms with Crippen LogP contribution in [0.1, 0.15) is 19.8 Å². The number of nitrogens with one attached hydrogen (secondary N) is 1. The Kier molecular flexibility index (Phi) is 8.61. The van der Waals surface area contributed by atoms with Crippen molar-refractivity contribution in [3.63, 3.8) is 0 Å². The van der Waals surface area contributed by atoms with Crippen molar-refractivity contribution >= 4 is 29.4 Å². The second-order valence-corrected chi connectivity index (χ2v) is 4.21. The van der Waals surface area contributed by atoms with E-state index >= 15 is 0 Å². The van der Waals surface area contributed by atoms with Crippen molar-refractivity contribution in [1.82, 2.24) is 5.32 Å². The molecule has 0 aliphatic rings. The zero-order valence-electron chi connectivity index (χ0n) is 9.58. The average Bonchev–Trinajstić information content (AvgIpc) is 2.24. The van der Waals surface area contributed by atoms with Crippen LogP contribution in [0.3, 0.4) is 0 Å². The molecule has 92 valence electrons. The highest BCUT2D eigenvalue weighted by molar-refractivity contribution is 7.98. The van der Waals surface area contributed by atoms with Gasteiger partial charge < -0.3 is 14.8 Å². The first-order valence-electron chi connectivity index (χ1n) is 4.97. The summed E-state index contributed by atoms with van der Waals surface area (Å²) in [6.07, 6.45) is 1.71. The molecule has 0 spiro atoms. The molecule has 0 saturated heterocycles. The maximum Gasteiger partial charge on any atom is 0.407 e. The van der Waals surface area contributed by atoms with Gasteiger partial charge in [-0.1, -0.05) is 0 Å². The molecule has 0 rings (SSSR count). The lowest BCUT2D eigenvalue weighted by atomic mass is 10.2. The van der Waals surface area contributed by atoms with Gasteiger partial charge in [-0.05, 0) is 13.2 Å². The van der Waals surface area contributed by atoms with Crippen molar-refractivity contribution in [3.05, 3.63) is 0 Å². The van der Waals surface area contributed by atoms with Crippen LogP contribution in [-0.2, 0) is 14.3 Å². The Labute approximate surface area is 99.3 Å². The van der Waals surface area contributed by atoms with Crippen LogP contribution >= 0.6 is 11.8 Å². The number of thioether (sulfide) groups is 1. The van der Waals surface area contributed by atoms with Crippen LogP contribution in [0.15, 0.2) is 0 Å². The molecule has 0 radical (unpaired) electrons. The van der Waals surface area contributed by atoms with E-state index in [0.29, 0.717) is 6.61 Å². The summed E-state index contributed by atoms with van der Waals surface area (Å²) in [6.45, 7) is 1.68. The number of ketones is 2. The Morgan fingerprint density at radius 2 is 1.94 bits per heavy atom. The molecule has 0 aromatic carbocycles. The summed E-state index contributed by atoms with van der Waals surface area (Å²) < 4.78 is 4.77. The number of alkyl carbamates (subject to hydrolysis) is 1. The Morgan fingerprint density at radius 1 is 1.25 bits per heavy atom. The molecule has 1 amide bonds. The van der Waals surface area contributed by atoms with Gasteiger partial charge in [0.2, 0.25) is 0 Å². The minimum absolute atomic E-state index is 0.0316. The Morgan fingerprint density at radius 3 is 2.50 bits per heavy atom. The molecule has 16 heavy (non-hydrogen) atoms. The molecule has 0 aromatic heterocycles. The van der Waals surface area contributed by atoms with Gasteiger partial charge in [0.1, 0.15) is 12.4 Å². The zero-order chi connectivity index (χ0) is 12.4. The molecular formula is C10H17NO4S. The van der Waals surface area contributed by atoms with E-state index in [0.717, 1.165) is 5.75 Å². The summed E-state index contributed by atoms with van der Waals surface area (Å²) in [5.74, 6) is 0.527. The summed E-state index contributed by atoms with van der Waals surface area (Å²) in [5.41, 5.74) is 0. The van der Waals surface area contributed by atoms with E-state index in [9.17, 15) is 14.4 Å². The minimum atomic E-state index is -0.592. The lowest BCUT2D eigenvalue weighted by Crippen LogP contribution is -2.30. The van der Waals surface area contributed by atoms with E-state index in [-0.39, 0.29) is 31.0 Å². The predicted molar refractivity (Wildman–Crippen MR) is 62.7 cm³/mol. The highest BCUT2D eigenvalue weighted by Crippen LogP contribution is 1.93. The third kappa shape index (κ3) is 9.51. The molecule has 0 saturated carbocycles. The van der Waals surface area contributed by atoms with Gasteiger partial charge in [0.05, 0.1) is 6.54 Å². The van der Waals surface area contributed by atoms with E-state index in [1.165, 1.54) is 6.92 Å². The first kappa shape index (κ1) is 15.0. The first-order chi connectivity index (χ1) is 7.56. The fourth-order valence-corrected chi connectivity index (χ4v) is 1.09.